The summed E-state index contributed by atoms with van der Waals surface area (Å²) in [5.41, 5.74) is 2.49. The normalized spacial score (nSPS) is 16.9. The number of likely N-dealkylation sites (tertiary alicyclic amines) is 1. The Hall–Kier alpha value is -1.66. The number of anilines is 1. The van der Waals surface area contributed by atoms with E-state index in [0.717, 1.165) is 13.1 Å². The summed E-state index contributed by atoms with van der Waals surface area (Å²) >= 11 is 0. The van der Waals surface area contributed by atoms with Gasteiger partial charge in [0.25, 0.3) is 5.91 Å². The number of benzene rings is 1. The SMILES string of the molecule is CC(CNC(=O)c1cccc(F)c1NN)N1CCCC1. The van der Waals surface area contributed by atoms with E-state index in [2.05, 4.69) is 22.6 Å². The lowest BCUT2D eigenvalue weighted by Gasteiger charge is -2.24. The Morgan fingerprint density at radius 3 is 2.80 bits per heavy atom. The van der Waals surface area contributed by atoms with Gasteiger partial charge in [-0.05, 0) is 45.0 Å². The van der Waals surface area contributed by atoms with E-state index in [9.17, 15) is 9.18 Å². The molecule has 1 aliphatic rings. The molecule has 1 atom stereocenters. The first-order valence-corrected chi connectivity index (χ1v) is 6.91. The molecule has 0 saturated carbocycles. The molecule has 1 unspecified atom stereocenters. The van der Waals surface area contributed by atoms with Crippen LogP contribution in [0.3, 0.4) is 0 Å². The maximum Gasteiger partial charge on any atom is 0.253 e. The van der Waals surface area contributed by atoms with Crippen LogP contribution in [0, 0.1) is 5.82 Å². The van der Waals surface area contributed by atoms with Crippen molar-refractivity contribution in [2.24, 2.45) is 5.84 Å². The quantitative estimate of drug-likeness (QED) is 0.562. The standard InChI is InChI=1S/C14H21FN4O/c1-10(19-7-2-3-8-19)9-17-14(20)11-5-4-6-12(15)13(11)18-16/h4-6,10,18H,2-3,7-9,16H2,1H3,(H,17,20). The van der Waals surface area contributed by atoms with Crippen molar-refractivity contribution in [1.82, 2.24) is 10.2 Å². The van der Waals surface area contributed by atoms with E-state index in [0.29, 0.717) is 6.54 Å². The second-order valence-electron chi connectivity index (χ2n) is 5.11. The molecule has 110 valence electrons. The monoisotopic (exact) mass is 280 g/mol. The summed E-state index contributed by atoms with van der Waals surface area (Å²) in [5, 5.41) is 2.83. The molecular weight excluding hydrogens is 259 g/mol. The molecular formula is C14H21FN4O. The predicted octanol–water partition coefficient (Wildman–Crippen LogP) is 1.33. The number of hydrazine groups is 1. The highest BCUT2D eigenvalue weighted by molar-refractivity contribution is 5.99. The molecule has 1 aromatic rings. The van der Waals surface area contributed by atoms with Gasteiger partial charge in [0.05, 0.1) is 11.3 Å². The van der Waals surface area contributed by atoms with Gasteiger partial charge < -0.3 is 10.7 Å². The Morgan fingerprint density at radius 1 is 1.45 bits per heavy atom. The van der Waals surface area contributed by atoms with Gasteiger partial charge in [-0.2, -0.15) is 0 Å². The number of rotatable bonds is 5. The highest BCUT2D eigenvalue weighted by atomic mass is 19.1. The van der Waals surface area contributed by atoms with Gasteiger partial charge in [-0.1, -0.05) is 6.07 Å². The molecule has 0 radical (unpaired) electrons. The van der Waals surface area contributed by atoms with Crippen LogP contribution in [0.2, 0.25) is 0 Å². The molecule has 1 amide bonds. The van der Waals surface area contributed by atoms with Crippen molar-refractivity contribution in [1.29, 1.82) is 0 Å². The van der Waals surface area contributed by atoms with E-state index in [1.165, 1.54) is 25.0 Å². The largest absolute Gasteiger partial charge is 0.350 e. The van der Waals surface area contributed by atoms with Crippen molar-refractivity contribution < 1.29 is 9.18 Å². The van der Waals surface area contributed by atoms with Crippen molar-refractivity contribution in [2.45, 2.75) is 25.8 Å². The van der Waals surface area contributed by atoms with Gasteiger partial charge in [0.15, 0.2) is 0 Å². The zero-order valence-electron chi connectivity index (χ0n) is 11.7. The lowest BCUT2D eigenvalue weighted by Crippen LogP contribution is -2.40. The summed E-state index contributed by atoms with van der Waals surface area (Å²) in [4.78, 5) is 14.4. The van der Waals surface area contributed by atoms with Crippen LogP contribution in [0.5, 0.6) is 0 Å². The highest BCUT2D eigenvalue weighted by Crippen LogP contribution is 2.18. The zero-order valence-corrected chi connectivity index (χ0v) is 11.7. The maximum absolute atomic E-state index is 13.5. The topological polar surface area (TPSA) is 70.4 Å². The number of nitrogens with two attached hydrogens (primary N) is 1. The van der Waals surface area contributed by atoms with Crippen molar-refractivity contribution in [3.05, 3.63) is 29.6 Å². The molecule has 20 heavy (non-hydrogen) atoms. The van der Waals surface area contributed by atoms with E-state index in [1.807, 2.05) is 0 Å². The van der Waals surface area contributed by atoms with E-state index in [-0.39, 0.29) is 23.2 Å². The van der Waals surface area contributed by atoms with E-state index in [1.54, 1.807) is 6.07 Å². The van der Waals surface area contributed by atoms with Crippen molar-refractivity contribution in [3.63, 3.8) is 0 Å². The summed E-state index contributed by atoms with van der Waals surface area (Å²) in [5.74, 6) is 4.42. The molecule has 1 aliphatic heterocycles. The summed E-state index contributed by atoms with van der Waals surface area (Å²) in [7, 11) is 0. The minimum absolute atomic E-state index is 0.0267. The number of carbonyl (C=O) groups is 1. The van der Waals surface area contributed by atoms with Gasteiger partial charge in [-0.25, -0.2) is 4.39 Å². The van der Waals surface area contributed by atoms with Crippen LogP contribution in [-0.2, 0) is 0 Å². The third-order valence-corrected chi connectivity index (χ3v) is 3.72. The van der Waals surface area contributed by atoms with Gasteiger partial charge in [0.2, 0.25) is 0 Å². The van der Waals surface area contributed by atoms with Crippen LogP contribution in [-0.4, -0.2) is 36.5 Å². The number of nitrogens with one attached hydrogen (secondary N) is 2. The molecule has 0 spiro atoms. The Labute approximate surface area is 118 Å². The molecule has 5 nitrogen and oxygen atoms in total. The molecule has 1 saturated heterocycles. The fraction of sp³-hybridized carbons (Fsp3) is 0.500. The molecule has 0 aliphatic carbocycles. The number of para-hydroxylation sites is 1. The van der Waals surface area contributed by atoms with Crippen LogP contribution in [0.1, 0.15) is 30.1 Å². The Morgan fingerprint density at radius 2 is 2.15 bits per heavy atom. The summed E-state index contributed by atoms with van der Waals surface area (Å²) in [6.45, 7) is 4.78. The molecule has 1 fully saturated rings. The first kappa shape index (κ1) is 14.7. The number of nitrogens with zero attached hydrogens (tertiary/aromatic N) is 1. The smallest absolute Gasteiger partial charge is 0.253 e. The molecule has 1 heterocycles. The zero-order chi connectivity index (χ0) is 14.5. The van der Waals surface area contributed by atoms with Gasteiger partial charge in [-0.3, -0.25) is 15.5 Å². The lowest BCUT2D eigenvalue weighted by molar-refractivity contribution is 0.0941. The molecule has 1 aromatic carbocycles. The van der Waals surface area contributed by atoms with Gasteiger partial charge in [-0.15, -0.1) is 0 Å². The second kappa shape index (κ2) is 6.67. The lowest BCUT2D eigenvalue weighted by atomic mass is 10.1. The Balaban J connectivity index is 1.96. The van der Waals surface area contributed by atoms with Crippen molar-refractivity contribution in [2.75, 3.05) is 25.1 Å². The number of hydrogen-bond donors (Lipinski definition) is 3. The number of nitrogen functional groups attached to an aromatic ring is 1. The van der Waals surface area contributed by atoms with Crippen LogP contribution < -0.4 is 16.6 Å². The van der Waals surface area contributed by atoms with E-state index >= 15 is 0 Å². The predicted molar refractivity (Wildman–Crippen MR) is 76.8 cm³/mol. The first-order valence-electron chi connectivity index (χ1n) is 6.91. The van der Waals surface area contributed by atoms with Crippen molar-refractivity contribution in [3.8, 4) is 0 Å². The number of halogens is 1. The highest BCUT2D eigenvalue weighted by Gasteiger charge is 2.20. The van der Waals surface area contributed by atoms with Crippen LogP contribution in [0.15, 0.2) is 18.2 Å². The molecule has 4 N–H and O–H groups in total. The second-order valence-corrected chi connectivity index (χ2v) is 5.11. The summed E-state index contributed by atoms with van der Waals surface area (Å²) in [6.07, 6.45) is 2.42. The van der Waals surface area contributed by atoms with E-state index in [4.69, 9.17) is 5.84 Å². The van der Waals surface area contributed by atoms with E-state index < -0.39 is 5.82 Å². The average Bonchev–Trinajstić information content (AvgIpc) is 2.98. The molecule has 2 rings (SSSR count). The minimum Gasteiger partial charge on any atom is -0.350 e. The maximum atomic E-state index is 13.5. The summed E-state index contributed by atoms with van der Waals surface area (Å²) < 4.78 is 13.5. The minimum atomic E-state index is -0.534. The number of hydrogen-bond acceptors (Lipinski definition) is 4. The fourth-order valence-corrected chi connectivity index (χ4v) is 2.51. The third-order valence-electron chi connectivity index (χ3n) is 3.72. The molecule has 6 heteroatoms. The Bertz CT molecular complexity index is 474. The Kier molecular flexibility index (Phi) is 4.92. The van der Waals surface area contributed by atoms with Crippen LogP contribution in [0.25, 0.3) is 0 Å². The third kappa shape index (κ3) is 3.26. The van der Waals surface area contributed by atoms with Crippen LogP contribution in [0.4, 0.5) is 10.1 Å². The van der Waals surface area contributed by atoms with Gasteiger partial charge >= 0.3 is 0 Å². The fourth-order valence-electron chi connectivity index (χ4n) is 2.51. The summed E-state index contributed by atoms with van der Waals surface area (Å²) in [6, 6.07) is 4.59. The van der Waals surface area contributed by atoms with Gasteiger partial charge in [0.1, 0.15) is 5.82 Å². The number of carbonyl (C=O) groups excluding carboxylic acids is 1. The van der Waals surface area contributed by atoms with Crippen LogP contribution >= 0.6 is 0 Å². The van der Waals surface area contributed by atoms with Crippen molar-refractivity contribution >= 4 is 11.6 Å². The average molecular weight is 280 g/mol. The molecule has 0 bridgehead atoms. The first-order chi connectivity index (χ1) is 9.63. The van der Waals surface area contributed by atoms with Gasteiger partial charge in [0, 0.05) is 12.6 Å². The molecule has 0 aromatic heterocycles. The number of amides is 1.